The highest BCUT2D eigenvalue weighted by Crippen LogP contribution is 2.27. The molecule has 1 aliphatic heterocycles. The maximum Gasteiger partial charge on any atom is 0.255 e. The van der Waals surface area contributed by atoms with Crippen molar-refractivity contribution in [3.8, 4) is 5.75 Å². The van der Waals surface area contributed by atoms with Crippen LogP contribution in [-0.2, 0) is 11.3 Å². The second-order valence-electron chi connectivity index (χ2n) is 6.45. The first-order valence-corrected chi connectivity index (χ1v) is 9.88. The number of carbonyl (C=O) groups excluding carboxylic acids is 1. The number of benzene rings is 2. The highest BCUT2D eigenvalue weighted by Gasteiger charge is 2.19. The molecule has 0 aliphatic carbocycles. The van der Waals surface area contributed by atoms with Gasteiger partial charge in [-0.3, -0.25) is 4.79 Å². The maximum absolute atomic E-state index is 13.0. The predicted octanol–water partition coefficient (Wildman–Crippen LogP) is 4.24. The number of rotatable bonds is 7. The van der Waals surface area contributed by atoms with E-state index >= 15 is 0 Å². The Hall–Kier alpha value is -1.98. The highest BCUT2D eigenvalue weighted by molar-refractivity contribution is 7.99. The van der Waals surface area contributed by atoms with Gasteiger partial charge in [-0.1, -0.05) is 24.3 Å². The largest absolute Gasteiger partial charge is 0.497 e. The minimum atomic E-state index is 0.0308. The van der Waals surface area contributed by atoms with Gasteiger partial charge in [0.15, 0.2) is 0 Å². The van der Waals surface area contributed by atoms with Crippen LogP contribution in [-0.4, -0.2) is 43.4 Å². The molecule has 0 spiro atoms. The van der Waals surface area contributed by atoms with E-state index in [1.54, 1.807) is 23.8 Å². The van der Waals surface area contributed by atoms with Crippen LogP contribution in [0.5, 0.6) is 5.75 Å². The molecule has 3 rings (SSSR count). The van der Waals surface area contributed by atoms with Gasteiger partial charge in [0.1, 0.15) is 5.75 Å². The summed E-state index contributed by atoms with van der Waals surface area (Å²) in [4.78, 5) is 15.7. The van der Waals surface area contributed by atoms with Gasteiger partial charge in [-0.25, -0.2) is 0 Å². The summed E-state index contributed by atoms with van der Waals surface area (Å²) in [7, 11) is 3.48. The lowest BCUT2D eigenvalue weighted by Gasteiger charge is -2.20. The number of hydrogen-bond donors (Lipinski definition) is 0. The van der Waals surface area contributed by atoms with Crippen molar-refractivity contribution < 1.29 is 14.3 Å². The molecule has 2 aromatic rings. The molecule has 2 aromatic carbocycles. The number of carbonyl (C=O) groups is 1. The molecule has 0 saturated carbocycles. The summed E-state index contributed by atoms with van der Waals surface area (Å²) < 4.78 is 11.0. The summed E-state index contributed by atoms with van der Waals surface area (Å²) in [5, 5.41) is 0. The third-order valence-corrected chi connectivity index (χ3v) is 5.67. The van der Waals surface area contributed by atoms with E-state index in [2.05, 4.69) is 0 Å². The molecule has 5 heteroatoms. The number of ether oxygens (including phenoxy) is 2. The second-order valence-corrected chi connectivity index (χ2v) is 7.52. The topological polar surface area (TPSA) is 38.8 Å². The monoisotopic (exact) mass is 371 g/mol. The summed E-state index contributed by atoms with van der Waals surface area (Å²) in [5.74, 6) is 1.73. The minimum absolute atomic E-state index is 0.0308. The lowest BCUT2D eigenvalue weighted by Crippen LogP contribution is -2.26. The Morgan fingerprint density at radius 2 is 2.12 bits per heavy atom. The van der Waals surface area contributed by atoms with E-state index in [0.29, 0.717) is 12.6 Å². The van der Waals surface area contributed by atoms with Gasteiger partial charge in [-0.15, -0.1) is 11.8 Å². The summed E-state index contributed by atoms with van der Waals surface area (Å²) in [5.41, 5.74) is 1.80. The van der Waals surface area contributed by atoms with Crippen molar-refractivity contribution in [3.05, 3.63) is 59.7 Å². The molecule has 0 radical (unpaired) electrons. The number of nitrogens with zero attached hydrogens (tertiary/aromatic N) is 1. The SMILES string of the molecule is COc1cccc(CN(C)C(=O)c2ccccc2SCC2CCCO2)c1. The zero-order chi connectivity index (χ0) is 18.4. The van der Waals surface area contributed by atoms with Crippen LogP contribution in [0, 0.1) is 0 Å². The van der Waals surface area contributed by atoms with Crippen LogP contribution in [0.1, 0.15) is 28.8 Å². The second kappa shape index (κ2) is 9.10. The fourth-order valence-corrected chi connectivity index (χ4v) is 4.16. The molecule has 4 nitrogen and oxygen atoms in total. The third kappa shape index (κ3) is 4.80. The van der Waals surface area contributed by atoms with Gasteiger partial charge in [0.25, 0.3) is 5.91 Å². The van der Waals surface area contributed by atoms with Crippen LogP contribution in [0.4, 0.5) is 0 Å². The maximum atomic E-state index is 13.0. The molecular formula is C21H25NO3S. The zero-order valence-electron chi connectivity index (χ0n) is 15.3. The Morgan fingerprint density at radius 1 is 1.27 bits per heavy atom. The van der Waals surface area contributed by atoms with Crippen molar-refractivity contribution >= 4 is 17.7 Å². The molecular weight excluding hydrogens is 346 g/mol. The van der Waals surface area contributed by atoms with Gasteiger partial charge in [-0.2, -0.15) is 0 Å². The molecule has 1 amide bonds. The molecule has 0 N–H and O–H groups in total. The van der Waals surface area contributed by atoms with Crippen molar-refractivity contribution in [2.24, 2.45) is 0 Å². The van der Waals surface area contributed by atoms with Crippen molar-refractivity contribution in [3.63, 3.8) is 0 Å². The van der Waals surface area contributed by atoms with Crippen LogP contribution >= 0.6 is 11.8 Å². The van der Waals surface area contributed by atoms with Crippen LogP contribution in [0.15, 0.2) is 53.4 Å². The van der Waals surface area contributed by atoms with Crippen LogP contribution < -0.4 is 4.74 Å². The van der Waals surface area contributed by atoms with E-state index in [9.17, 15) is 4.79 Å². The van der Waals surface area contributed by atoms with Crippen LogP contribution in [0.25, 0.3) is 0 Å². The molecule has 138 valence electrons. The van der Waals surface area contributed by atoms with E-state index in [1.165, 1.54) is 0 Å². The van der Waals surface area contributed by atoms with Gasteiger partial charge in [0.05, 0.1) is 18.8 Å². The molecule has 1 heterocycles. The predicted molar refractivity (Wildman–Crippen MR) is 105 cm³/mol. The molecule has 1 aliphatic rings. The van der Waals surface area contributed by atoms with Gasteiger partial charge < -0.3 is 14.4 Å². The quantitative estimate of drug-likeness (QED) is 0.683. The summed E-state index contributed by atoms with van der Waals surface area (Å²) >= 11 is 1.71. The molecule has 1 saturated heterocycles. The summed E-state index contributed by atoms with van der Waals surface area (Å²) in [6.45, 7) is 1.40. The molecule has 0 bridgehead atoms. The van der Waals surface area contributed by atoms with E-state index in [0.717, 1.165) is 47.0 Å². The van der Waals surface area contributed by atoms with E-state index in [-0.39, 0.29) is 5.91 Å². The molecule has 1 fully saturated rings. The molecule has 1 unspecified atom stereocenters. The van der Waals surface area contributed by atoms with Crippen molar-refractivity contribution in [1.82, 2.24) is 4.90 Å². The van der Waals surface area contributed by atoms with Gasteiger partial charge >= 0.3 is 0 Å². The lowest BCUT2D eigenvalue weighted by molar-refractivity contribution is 0.0781. The molecule has 0 aromatic heterocycles. The first-order valence-electron chi connectivity index (χ1n) is 8.89. The summed E-state index contributed by atoms with van der Waals surface area (Å²) in [6.07, 6.45) is 2.55. The lowest BCUT2D eigenvalue weighted by atomic mass is 10.1. The Balaban J connectivity index is 1.67. The van der Waals surface area contributed by atoms with E-state index < -0.39 is 0 Å². The first kappa shape index (κ1) is 18.8. The van der Waals surface area contributed by atoms with Gasteiger partial charge in [0.2, 0.25) is 0 Å². The van der Waals surface area contributed by atoms with E-state index in [1.807, 2.05) is 55.6 Å². The standard InChI is InChI=1S/C21H25NO3S/c1-22(14-16-7-5-8-17(13-16)24-2)21(23)19-10-3-4-11-20(19)26-15-18-9-6-12-25-18/h3-5,7-8,10-11,13,18H,6,9,12,14-15H2,1-2H3. The average molecular weight is 372 g/mol. The normalized spacial score (nSPS) is 16.5. The van der Waals surface area contributed by atoms with Crippen LogP contribution in [0.2, 0.25) is 0 Å². The fourth-order valence-electron chi connectivity index (χ4n) is 3.05. The van der Waals surface area contributed by atoms with Gasteiger partial charge in [0, 0.05) is 30.8 Å². The summed E-state index contributed by atoms with van der Waals surface area (Å²) in [6, 6.07) is 15.6. The molecule has 26 heavy (non-hydrogen) atoms. The van der Waals surface area contributed by atoms with E-state index in [4.69, 9.17) is 9.47 Å². The Labute approximate surface area is 159 Å². The molecule has 1 atom stereocenters. The zero-order valence-corrected chi connectivity index (χ0v) is 16.1. The fraction of sp³-hybridized carbons (Fsp3) is 0.381. The Bertz CT molecular complexity index is 744. The van der Waals surface area contributed by atoms with Crippen molar-refractivity contribution in [2.75, 3.05) is 26.5 Å². The number of amides is 1. The van der Waals surface area contributed by atoms with Crippen molar-refractivity contribution in [2.45, 2.75) is 30.4 Å². The first-order chi connectivity index (χ1) is 12.7. The smallest absolute Gasteiger partial charge is 0.255 e. The average Bonchev–Trinajstić information content (AvgIpc) is 3.19. The third-order valence-electron chi connectivity index (χ3n) is 4.47. The minimum Gasteiger partial charge on any atom is -0.497 e. The number of methoxy groups -OCH3 is 1. The Morgan fingerprint density at radius 3 is 2.88 bits per heavy atom. The highest BCUT2D eigenvalue weighted by atomic mass is 32.2. The number of hydrogen-bond acceptors (Lipinski definition) is 4. The van der Waals surface area contributed by atoms with Gasteiger partial charge in [-0.05, 0) is 42.7 Å². The number of thioether (sulfide) groups is 1. The van der Waals surface area contributed by atoms with Crippen molar-refractivity contribution in [1.29, 1.82) is 0 Å². The Kier molecular flexibility index (Phi) is 6.58. The van der Waals surface area contributed by atoms with Crippen LogP contribution in [0.3, 0.4) is 0 Å².